The van der Waals surface area contributed by atoms with E-state index in [1.165, 1.54) is 0 Å². The Kier molecular flexibility index (Phi) is 3.36. The van der Waals surface area contributed by atoms with E-state index < -0.39 is 0 Å². The first-order valence-corrected chi connectivity index (χ1v) is 5.38. The molecule has 0 aliphatic rings. The van der Waals surface area contributed by atoms with Crippen LogP contribution < -0.4 is 5.32 Å². The van der Waals surface area contributed by atoms with Crippen LogP contribution in [0.15, 0.2) is 67.2 Å². The van der Waals surface area contributed by atoms with Gasteiger partial charge < -0.3 is 5.32 Å². The lowest BCUT2D eigenvalue weighted by atomic mass is 10.1. The van der Waals surface area contributed by atoms with Crippen LogP contribution in [-0.4, -0.2) is 5.91 Å². The molecular weight excluding hydrogens is 210 g/mol. The highest BCUT2D eigenvalue weighted by Gasteiger charge is 2.08. The number of amides is 1. The number of carbonyl (C=O) groups is 1. The van der Waals surface area contributed by atoms with Crippen molar-refractivity contribution in [2.24, 2.45) is 0 Å². The third-order valence-electron chi connectivity index (χ3n) is 2.43. The molecule has 2 aromatic rings. The van der Waals surface area contributed by atoms with Gasteiger partial charge in [0.1, 0.15) is 0 Å². The molecule has 0 spiro atoms. The van der Waals surface area contributed by atoms with Gasteiger partial charge >= 0.3 is 0 Å². The fraction of sp³-hybridized carbons (Fsp3) is 0. The molecule has 0 atom stereocenters. The lowest BCUT2D eigenvalue weighted by Gasteiger charge is -2.07. The van der Waals surface area contributed by atoms with Crippen molar-refractivity contribution in [1.82, 2.24) is 0 Å². The van der Waals surface area contributed by atoms with E-state index in [1.807, 2.05) is 60.7 Å². The number of rotatable bonds is 3. The fourth-order valence-electron chi connectivity index (χ4n) is 1.50. The Balaban J connectivity index is 2.09. The molecule has 0 radical (unpaired) electrons. The van der Waals surface area contributed by atoms with Crippen molar-refractivity contribution >= 4 is 17.2 Å². The molecule has 2 rings (SSSR count). The molecule has 0 aliphatic heterocycles. The highest BCUT2D eigenvalue weighted by atomic mass is 16.1. The average molecular weight is 223 g/mol. The van der Waals surface area contributed by atoms with E-state index >= 15 is 0 Å². The molecule has 1 amide bonds. The summed E-state index contributed by atoms with van der Waals surface area (Å²) in [5.74, 6) is -0.178. The molecule has 0 bridgehead atoms. The van der Waals surface area contributed by atoms with Gasteiger partial charge in [-0.3, -0.25) is 4.79 Å². The zero-order valence-electron chi connectivity index (χ0n) is 9.39. The molecule has 0 heterocycles. The Morgan fingerprint density at radius 3 is 2.00 bits per heavy atom. The molecule has 17 heavy (non-hydrogen) atoms. The van der Waals surface area contributed by atoms with Crippen molar-refractivity contribution in [2.75, 3.05) is 5.32 Å². The Morgan fingerprint density at radius 1 is 0.882 bits per heavy atom. The summed E-state index contributed by atoms with van der Waals surface area (Å²) >= 11 is 0. The lowest BCUT2D eigenvalue weighted by Crippen LogP contribution is -2.12. The molecule has 0 aromatic heterocycles. The van der Waals surface area contributed by atoms with E-state index in [0.717, 1.165) is 11.3 Å². The number of para-hydroxylation sites is 1. The number of nitrogens with one attached hydrogen (secondary N) is 1. The van der Waals surface area contributed by atoms with E-state index in [0.29, 0.717) is 5.57 Å². The van der Waals surface area contributed by atoms with Crippen molar-refractivity contribution in [2.45, 2.75) is 0 Å². The third kappa shape index (κ3) is 2.82. The number of hydrogen-bond acceptors (Lipinski definition) is 1. The zero-order valence-corrected chi connectivity index (χ0v) is 9.39. The monoisotopic (exact) mass is 223 g/mol. The van der Waals surface area contributed by atoms with E-state index in [-0.39, 0.29) is 5.91 Å². The number of carbonyl (C=O) groups excluding carboxylic acids is 1. The van der Waals surface area contributed by atoms with Gasteiger partial charge in [0, 0.05) is 11.3 Å². The smallest absolute Gasteiger partial charge is 0.255 e. The fourth-order valence-corrected chi connectivity index (χ4v) is 1.50. The summed E-state index contributed by atoms with van der Waals surface area (Å²) in [6, 6.07) is 18.8. The number of hydrogen-bond donors (Lipinski definition) is 1. The summed E-state index contributed by atoms with van der Waals surface area (Å²) in [7, 11) is 0. The molecule has 1 N–H and O–H groups in total. The van der Waals surface area contributed by atoms with Crippen molar-refractivity contribution in [3.63, 3.8) is 0 Å². The van der Waals surface area contributed by atoms with Gasteiger partial charge in [-0.1, -0.05) is 55.1 Å². The Morgan fingerprint density at radius 2 is 1.41 bits per heavy atom. The molecular formula is C15H13NO. The van der Waals surface area contributed by atoms with Crippen LogP contribution in [0.5, 0.6) is 0 Å². The van der Waals surface area contributed by atoms with Crippen LogP contribution in [0.3, 0.4) is 0 Å². The molecule has 0 saturated heterocycles. The van der Waals surface area contributed by atoms with Crippen LogP contribution in [0.2, 0.25) is 0 Å². The topological polar surface area (TPSA) is 29.1 Å². The maximum atomic E-state index is 11.9. The predicted molar refractivity (Wildman–Crippen MR) is 70.5 cm³/mol. The largest absolute Gasteiger partial charge is 0.322 e. The number of anilines is 1. The van der Waals surface area contributed by atoms with E-state index in [9.17, 15) is 4.79 Å². The van der Waals surface area contributed by atoms with Crippen LogP contribution in [-0.2, 0) is 4.79 Å². The maximum absolute atomic E-state index is 11.9. The van der Waals surface area contributed by atoms with Crippen LogP contribution >= 0.6 is 0 Å². The molecule has 84 valence electrons. The van der Waals surface area contributed by atoms with E-state index in [4.69, 9.17) is 0 Å². The van der Waals surface area contributed by atoms with Crippen molar-refractivity contribution < 1.29 is 4.79 Å². The van der Waals surface area contributed by atoms with E-state index in [2.05, 4.69) is 11.9 Å². The summed E-state index contributed by atoms with van der Waals surface area (Å²) in [4.78, 5) is 11.9. The minimum Gasteiger partial charge on any atom is -0.322 e. The minimum absolute atomic E-state index is 0.178. The highest BCUT2D eigenvalue weighted by Crippen LogP contribution is 2.14. The molecule has 2 heteroatoms. The van der Waals surface area contributed by atoms with Gasteiger partial charge in [-0.25, -0.2) is 0 Å². The average Bonchev–Trinajstić information content (AvgIpc) is 2.40. The highest BCUT2D eigenvalue weighted by molar-refractivity contribution is 6.24. The van der Waals surface area contributed by atoms with Gasteiger partial charge in [0.05, 0.1) is 0 Å². The molecule has 2 aromatic carbocycles. The van der Waals surface area contributed by atoms with Crippen molar-refractivity contribution in [3.05, 3.63) is 72.8 Å². The second-order valence-corrected chi connectivity index (χ2v) is 3.66. The van der Waals surface area contributed by atoms with Crippen LogP contribution in [0.25, 0.3) is 5.57 Å². The van der Waals surface area contributed by atoms with Gasteiger partial charge in [0.25, 0.3) is 5.91 Å². The third-order valence-corrected chi connectivity index (χ3v) is 2.43. The Labute approximate surface area is 101 Å². The lowest BCUT2D eigenvalue weighted by molar-refractivity contribution is -0.111. The Bertz CT molecular complexity index is 517. The van der Waals surface area contributed by atoms with Crippen LogP contribution in [0.4, 0.5) is 5.69 Å². The van der Waals surface area contributed by atoms with Crippen molar-refractivity contribution in [3.8, 4) is 0 Å². The van der Waals surface area contributed by atoms with Gasteiger partial charge in [0.2, 0.25) is 0 Å². The normalized spacial score (nSPS) is 9.65. The SMILES string of the molecule is C=C(C(=O)Nc1ccccc1)c1ccccc1. The minimum atomic E-state index is -0.178. The van der Waals surface area contributed by atoms with Gasteiger partial charge in [-0.05, 0) is 17.7 Å². The zero-order chi connectivity index (χ0) is 12.1. The van der Waals surface area contributed by atoms with Gasteiger partial charge in [-0.2, -0.15) is 0 Å². The van der Waals surface area contributed by atoms with Gasteiger partial charge in [-0.15, -0.1) is 0 Å². The summed E-state index contributed by atoms with van der Waals surface area (Å²) in [5.41, 5.74) is 2.07. The summed E-state index contributed by atoms with van der Waals surface area (Å²) in [6.07, 6.45) is 0. The summed E-state index contributed by atoms with van der Waals surface area (Å²) in [6.45, 7) is 3.81. The summed E-state index contributed by atoms with van der Waals surface area (Å²) < 4.78 is 0. The Hall–Kier alpha value is -2.35. The second-order valence-electron chi connectivity index (χ2n) is 3.66. The number of benzene rings is 2. The molecule has 2 nitrogen and oxygen atoms in total. The molecule has 0 fully saturated rings. The summed E-state index contributed by atoms with van der Waals surface area (Å²) in [5, 5.41) is 2.80. The quantitative estimate of drug-likeness (QED) is 0.794. The molecule has 0 unspecified atom stereocenters. The van der Waals surface area contributed by atoms with Gasteiger partial charge in [0.15, 0.2) is 0 Å². The maximum Gasteiger partial charge on any atom is 0.255 e. The first kappa shape index (κ1) is 11.1. The second kappa shape index (κ2) is 5.12. The van der Waals surface area contributed by atoms with Crippen LogP contribution in [0.1, 0.15) is 5.56 Å². The van der Waals surface area contributed by atoms with E-state index in [1.54, 1.807) is 0 Å². The first-order valence-electron chi connectivity index (χ1n) is 5.38. The first-order chi connectivity index (χ1) is 8.27. The molecule has 0 aliphatic carbocycles. The van der Waals surface area contributed by atoms with Crippen LogP contribution in [0, 0.1) is 0 Å². The molecule has 0 saturated carbocycles. The predicted octanol–water partition coefficient (Wildman–Crippen LogP) is 3.34. The van der Waals surface area contributed by atoms with Crippen molar-refractivity contribution in [1.29, 1.82) is 0 Å². The standard InChI is InChI=1S/C15H13NO/c1-12(13-8-4-2-5-9-13)15(17)16-14-10-6-3-7-11-14/h2-11H,1H2,(H,16,17).